The maximum Gasteiger partial charge on any atom is 0.341 e. The molecule has 1 saturated carbocycles. The third kappa shape index (κ3) is 3.75. The smallest absolute Gasteiger partial charge is 0.341 e. The summed E-state index contributed by atoms with van der Waals surface area (Å²) in [6.45, 7) is 3.55. The summed E-state index contributed by atoms with van der Waals surface area (Å²) in [5.74, 6) is 0.152. The average Bonchev–Trinajstić information content (AvgIpc) is 3.60. The number of carboxylic acid groups (broad SMARTS) is 1. The SMILES string of the molecule is O=C(O)c1c(NS(=O)c2ccc(F)cc2/C=C2/CN3CCC2CC3)ccc2c1OC[C@H]1CC21. The molecule has 4 aliphatic heterocycles. The van der Waals surface area contributed by atoms with Gasteiger partial charge in [0.2, 0.25) is 0 Å². The molecule has 0 amide bonds. The predicted octanol–water partition coefficient (Wildman–Crippen LogP) is 4.26. The van der Waals surface area contributed by atoms with Gasteiger partial charge in [-0.05, 0) is 79.6 Å². The van der Waals surface area contributed by atoms with Gasteiger partial charge in [-0.2, -0.15) is 0 Å². The van der Waals surface area contributed by atoms with Crippen LogP contribution in [0, 0.1) is 17.7 Å². The fourth-order valence-electron chi connectivity index (χ4n) is 5.51. The number of nitrogens with zero attached hydrogens (tertiary/aromatic N) is 1. The Morgan fingerprint density at radius 2 is 2.06 bits per heavy atom. The molecule has 0 spiro atoms. The molecule has 8 heteroatoms. The van der Waals surface area contributed by atoms with Gasteiger partial charge in [0.25, 0.3) is 0 Å². The Bertz CT molecular complexity index is 1210. The second-order valence-electron chi connectivity index (χ2n) is 9.45. The van der Waals surface area contributed by atoms with Crippen molar-refractivity contribution in [2.75, 3.05) is 31.0 Å². The maximum absolute atomic E-state index is 14.1. The molecule has 5 aliphatic rings. The van der Waals surface area contributed by atoms with Crippen molar-refractivity contribution in [3.8, 4) is 5.75 Å². The Labute approximate surface area is 194 Å². The first kappa shape index (κ1) is 20.9. The highest BCUT2D eigenvalue weighted by molar-refractivity contribution is 7.86. The molecule has 0 radical (unpaired) electrons. The molecule has 3 saturated heterocycles. The van der Waals surface area contributed by atoms with Gasteiger partial charge < -0.3 is 14.6 Å². The van der Waals surface area contributed by atoms with Crippen LogP contribution in [0.1, 0.15) is 46.7 Å². The summed E-state index contributed by atoms with van der Waals surface area (Å²) in [7, 11) is -1.78. The third-order valence-corrected chi connectivity index (χ3v) is 8.58. The molecule has 2 aromatic rings. The molecule has 4 fully saturated rings. The van der Waals surface area contributed by atoms with E-state index in [2.05, 4.69) is 9.62 Å². The van der Waals surface area contributed by atoms with Gasteiger partial charge in [0.15, 0.2) is 11.0 Å². The molecule has 2 aromatic carbocycles. The number of hydrogen-bond donors (Lipinski definition) is 2. The molecule has 7 rings (SSSR count). The molecule has 1 aliphatic carbocycles. The molecule has 2 unspecified atom stereocenters. The highest BCUT2D eigenvalue weighted by Gasteiger charge is 2.45. The summed E-state index contributed by atoms with van der Waals surface area (Å²) in [5.41, 5.74) is 2.96. The number of ether oxygens (including phenoxy) is 1. The fourth-order valence-corrected chi connectivity index (χ4v) is 6.52. The number of halogens is 1. The number of nitrogens with one attached hydrogen (secondary N) is 1. The minimum absolute atomic E-state index is 0.00519. The largest absolute Gasteiger partial charge is 0.492 e. The van der Waals surface area contributed by atoms with Crippen molar-refractivity contribution in [3.05, 3.63) is 58.4 Å². The fraction of sp³-hybridized carbons (Fsp3) is 0.400. The number of fused-ring (bicyclic) bond motifs is 6. The number of carbonyl (C=O) groups is 1. The van der Waals surface area contributed by atoms with Crippen LogP contribution in [0.3, 0.4) is 0 Å². The van der Waals surface area contributed by atoms with Crippen molar-refractivity contribution in [2.24, 2.45) is 11.8 Å². The van der Waals surface area contributed by atoms with Gasteiger partial charge in [-0.15, -0.1) is 0 Å². The van der Waals surface area contributed by atoms with Crippen LogP contribution in [0.4, 0.5) is 10.1 Å². The molecule has 2 N–H and O–H groups in total. The van der Waals surface area contributed by atoms with E-state index in [0.29, 0.717) is 40.6 Å². The van der Waals surface area contributed by atoms with Gasteiger partial charge in [0.1, 0.15) is 17.1 Å². The maximum atomic E-state index is 14.1. The number of rotatable bonds is 5. The molecule has 2 bridgehead atoms. The van der Waals surface area contributed by atoms with E-state index in [-0.39, 0.29) is 11.3 Å². The van der Waals surface area contributed by atoms with Gasteiger partial charge in [0.05, 0.1) is 17.2 Å². The zero-order valence-electron chi connectivity index (χ0n) is 18.1. The number of anilines is 1. The lowest BCUT2D eigenvalue weighted by Gasteiger charge is -2.41. The Balaban J connectivity index is 1.33. The van der Waals surface area contributed by atoms with Gasteiger partial charge in [-0.25, -0.2) is 13.4 Å². The summed E-state index contributed by atoms with van der Waals surface area (Å²) >= 11 is 0. The standard InChI is InChI=1S/C25H25FN2O4S/c26-18-1-4-22(15(10-18)9-16-12-28-7-5-14(16)6-8-28)33(31)27-21-3-2-19-20-11-17(20)13-32-24(19)23(21)25(29)30/h1-4,9-10,14,17,20,27H,5-8,11-13H2,(H,29,30)/b16-9-/t17-,20?,33?/m1/s1. The topological polar surface area (TPSA) is 78.9 Å². The van der Waals surface area contributed by atoms with E-state index < -0.39 is 22.8 Å². The first-order valence-corrected chi connectivity index (χ1v) is 12.6. The lowest BCUT2D eigenvalue weighted by molar-refractivity contribution is 0.0692. The van der Waals surface area contributed by atoms with Crippen LogP contribution in [0.15, 0.2) is 40.8 Å². The monoisotopic (exact) mass is 468 g/mol. The van der Waals surface area contributed by atoms with Gasteiger partial charge in [-0.3, -0.25) is 4.90 Å². The van der Waals surface area contributed by atoms with E-state index >= 15 is 0 Å². The summed E-state index contributed by atoms with van der Waals surface area (Å²) in [6.07, 6.45) is 5.17. The van der Waals surface area contributed by atoms with Crippen LogP contribution >= 0.6 is 0 Å². The first-order valence-electron chi connectivity index (χ1n) is 11.4. The van der Waals surface area contributed by atoms with Crippen LogP contribution in [-0.4, -0.2) is 46.4 Å². The third-order valence-electron chi connectivity index (χ3n) is 7.40. The van der Waals surface area contributed by atoms with Crippen molar-refractivity contribution in [1.82, 2.24) is 4.90 Å². The van der Waals surface area contributed by atoms with E-state index in [4.69, 9.17) is 4.74 Å². The lowest BCUT2D eigenvalue weighted by atomic mass is 9.83. The molecule has 0 aromatic heterocycles. The second-order valence-corrected chi connectivity index (χ2v) is 10.6. The summed E-state index contributed by atoms with van der Waals surface area (Å²) in [6, 6.07) is 7.73. The average molecular weight is 469 g/mol. The number of carboxylic acids is 1. The highest BCUT2D eigenvalue weighted by atomic mass is 32.2. The van der Waals surface area contributed by atoms with Crippen molar-refractivity contribution in [3.63, 3.8) is 0 Å². The van der Waals surface area contributed by atoms with Crippen molar-refractivity contribution in [2.45, 2.75) is 30.1 Å². The predicted molar refractivity (Wildman–Crippen MR) is 123 cm³/mol. The second kappa shape index (κ2) is 7.95. The number of hydrogen-bond acceptors (Lipinski definition) is 4. The van der Waals surface area contributed by atoms with Crippen LogP contribution in [0.25, 0.3) is 6.08 Å². The van der Waals surface area contributed by atoms with E-state index in [0.717, 1.165) is 44.5 Å². The molecule has 3 atom stereocenters. The molecule has 4 heterocycles. The van der Waals surface area contributed by atoms with Crippen molar-refractivity contribution in [1.29, 1.82) is 0 Å². The van der Waals surface area contributed by atoms with Gasteiger partial charge in [-0.1, -0.05) is 17.7 Å². The summed E-state index contributed by atoms with van der Waals surface area (Å²) < 4.78 is 36.1. The zero-order valence-corrected chi connectivity index (χ0v) is 18.9. The van der Waals surface area contributed by atoms with Crippen molar-refractivity contribution >= 4 is 28.7 Å². The van der Waals surface area contributed by atoms with Crippen LogP contribution in [0.2, 0.25) is 0 Å². The zero-order chi connectivity index (χ0) is 22.7. The summed E-state index contributed by atoms with van der Waals surface area (Å²) in [5, 5.41) is 9.89. The molecule has 172 valence electrons. The number of aromatic carboxylic acids is 1. The van der Waals surface area contributed by atoms with Crippen molar-refractivity contribution < 1.29 is 23.2 Å². The Morgan fingerprint density at radius 1 is 1.24 bits per heavy atom. The molecule has 33 heavy (non-hydrogen) atoms. The number of piperidine rings is 3. The van der Waals surface area contributed by atoms with Crippen LogP contribution < -0.4 is 9.46 Å². The van der Waals surface area contributed by atoms with E-state index in [1.807, 2.05) is 12.1 Å². The van der Waals surface area contributed by atoms with Gasteiger partial charge >= 0.3 is 5.97 Å². The summed E-state index contributed by atoms with van der Waals surface area (Å²) in [4.78, 5) is 14.9. The number of benzene rings is 2. The van der Waals surface area contributed by atoms with Crippen LogP contribution in [-0.2, 0) is 11.0 Å². The minimum Gasteiger partial charge on any atom is -0.492 e. The Hall–Kier alpha value is -2.71. The van der Waals surface area contributed by atoms with E-state index in [9.17, 15) is 18.5 Å². The quantitative estimate of drug-likeness (QED) is 0.686. The first-order chi connectivity index (χ1) is 16.0. The van der Waals surface area contributed by atoms with Gasteiger partial charge in [0, 0.05) is 12.5 Å². The molecular formula is C25H25FN2O4S. The normalized spacial score (nSPS) is 29.1. The Morgan fingerprint density at radius 3 is 2.79 bits per heavy atom. The molecular weight excluding hydrogens is 443 g/mol. The minimum atomic E-state index is -1.78. The Kier molecular flexibility index (Phi) is 5.03. The molecule has 6 nitrogen and oxygen atoms in total. The van der Waals surface area contributed by atoms with Crippen LogP contribution in [0.5, 0.6) is 5.75 Å². The van der Waals surface area contributed by atoms with E-state index in [1.54, 1.807) is 6.07 Å². The van der Waals surface area contributed by atoms with E-state index in [1.165, 1.54) is 23.8 Å². The lowest BCUT2D eigenvalue weighted by Crippen LogP contribution is -2.42. The highest BCUT2D eigenvalue weighted by Crippen LogP contribution is 2.55.